The molecule has 2 unspecified atom stereocenters. The van der Waals surface area contributed by atoms with Crippen molar-refractivity contribution in [1.29, 1.82) is 0 Å². The van der Waals surface area contributed by atoms with E-state index in [2.05, 4.69) is 5.32 Å². The molecule has 1 saturated carbocycles. The highest BCUT2D eigenvalue weighted by Crippen LogP contribution is 2.37. The van der Waals surface area contributed by atoms with E-state index in [4.69, 9.17) is 4.74 Å². The van der Waals surface area contributed by atoms with Gasteiger partial charge in [0.15, 0.2) is 6.61 Å². The van der Waals surface area contributed by atoms with Crippen LogP contribution in [-0.4, -0.2) is 41.7 Å². The molecule has 2 atom stereocenters. The standard InChI is InChI=1S/C19H21FN2O5/c1-11-6-7-12(8-15(11)20)21-16(23)10-27-17(24)9-22-18(25)13-4-2-3-5-14(13)19(22)26/h6-8,13-14H,2-5,9-10H2,1H3,(H,21,23). The SMILES string of the molecule is Cc1ccc(NC(=O)COC(=O)CN2C(=O)C3CCCCC3C2=O)cc1F. The van der Waals surface area contributed by atoms with Gasteiger partial charge in [-0.15, -0.1) is 0 Å². The molecule has 1 aromatic rings. The van der Waals surface area contributed by atoms with Crippen molar-refractivity contribution >= 4 is 29.4 Å². The lowest BCUT2D eigenvalue weighted by Gasteiger charge is -2.19. The summed E-state index contributed by atoms with van der Waals surface area (Å²) in [5.74, 6) is -3.27. The molecule has 8 heteroatoms. The van der Waals surface area contributed by atoms with E-state index in [0.29, 0.717) is 18.4 Å². The number of likely N-dealkylation sites (tertiary alicyclic amines) is 1. The minimum Gasteiger partial charge on any atom is -0.454 e. The van der Waals surface area contributed by atoms with E-state index in [0.717, 1.165) is 17.7 Å². The molecule has 2 fully saturated rings. The summed E-state index contributed by atoms with van der Waals surface area (Å²) in [5, 5.41) is 2.41. The summed E-state index contributed by atoms with van der Waals surface area (Å²) in [5.41, 5.74) is 0.688. The number of halogens is 1. The number of amides is 3. The zero-order valence-electron chi connectivity index (χ0n) is 15.0. The molecule has 1 heterocycles. The Labute approximate surface area is 155 Å². The number of imide groups is 1. The fraction of sp³-hybridized carbons (Fsp3) is 0.474. The Morgan fingerprint density at radius 3 is 2.41 bits per heavy atom. The van der Waals surface area contributed by atoms with E-state index in [9.17, 15) is 23.6 Å². The number of hydrogen-bond acceptors (Lipinski definition) is 5. The van der Waals surface area contributed by atoms with Gasteiger partial charge in [-0.3, -0.25) is 24.1 Å². The zero-order chi connectivity index (χ0) is 19.6. The van der Waals surface area contributed by atoms with Crippen LogP contribution >= 0.6 is 0 Å². The number of hydrogen-bond donors (Lipinski definition) is 1. The second kappa shape index (κ2) is 7.85. The number of fused-ring (bicyclic) bond motifs is 1. The quantitative estimate of drug-likeness (QED) is 0.625. The summed E-state index contributed by atoms with van der Waals surface area (Å²) < 4.78 is 18.3. The third-order valence-corrected chi connectivity index (χ3v) is 5.04. The van der Waals surface area contributed by atoms with Gasteiger partial charge in [-0.25, -0.2) is 4.39 Å². The number of carbonyl (C=O) groups excluding carboxylic acids is 4. The lowest BCUT2D eigenvalue weighted by atomic mass is 9.81. The highest BCUT2D eigenvalue weighted by Gasteiger charge is 2.48. The number of nitrogens with zero attached hydrogens (tertiary/aromatic N) is 1. The van der Waals surface area contributed by atoms with Crippen LogP contribution in [0.4, 0.5) is 10.1 Å². The number of aryl methyl sites for hydroxylation is 1. The van der Waals surface area contributed by atoms with Crippen LogP contribution in [0.1, 0.15) is 31.2 Å². The third kappa shape index (κ3) is 4.15. The molecule has 2 aliphatic rings. The largest absolute Gasteiger partial charge is 0.454 e. The van der Waals surface area contributed by atoms with E-state index >= 15 is 0 Å². The van der Waals surface area contributed by atoms with Crippen LogP contribution in [0, 0.1) is 24.6 Å². The van der Waals surface area contributed by atoms with Gasteiger partial charge < -0.3 is 10.1 Å². The zero-order valence-corrected chi connectivity index (χ0v) is 15.0. The van der Waals surface area contributed by atoms with Gasteiger partial charge in [0.05, 0.1) is 11.8 Å². The third-order valence-electron chi connectivity index (χ3n) is 5.04. The highest BCUT2D eigenvalue weighted by molar-refractivity contribution is 6.07. The number of rotatable bonds is 5. The summed E-state index contributed by atoms with van der Waals surface area (Å²) in [6.45, 7) is 0.522. The number of esters is 1. The van der Waals surface area contributed by atoms with Gasteiger partial charge in [0.25, 0.3) is 5.91 Å². The normalized spacial score (nSPS) is 21.8. The summed E-state index contributed by atoms with van der Waals surface area (Å²) in [7, 11) is 0. The molecule has 7 nitrogen and oxygen atoms in total. The van der Waals surface area contributed by atoms with Crippen LogP contribution in [0.5, 0.6) is 0 Å². The van der Waals surface area contributed by atoms with Crippen molar-refractivity contribution in [3.63, 3.8) is 0 Å². The molecule has 1 N–H and O–H groups in total. The summed E-state index contributed by atoms with van der Waals surface area (Å²) in [6.07, 6.45) is 3.13. The molecule has 0 spiro atoms. The predicted octanol–water partition coefficient (Wildman–Crippen LogP) is 1.79. The maximum Gasteiger partial charge on any atom is 0.326 e. The first kappa shape index (κ1) is 19.0. The van der Waals surface area contributed by atoms with Crippen molar-refractivity contribution in [2.75, 3.05) is 18.5 Å². The Bertz CT molecular complexity index is 770. The van der Waals surface area contributed by atoms with Crippen molar-refractivity contribution in [2.24, 2.45) is 11.8 Å². The molecule has 27 heavy (non-hydrogen) atoms. The van der Waals surface area contributed by atoms with Crippen molar-refractivity contribution in [1.82, 2.24) is 4.90 Å². The smallest absolute Gasteiger partial charge is 0.326 e. The van der Waals surface area contributed by atoms with E-state index in [-0.39, 0.29) is 29.3 Å². The number of anilines is 1. The first-order valence-electron chi connectivity index (χ1n) is 8.93. The highest BCUT2D eigenvalue weighted by atomic mass is 19.1. The topological polar surface area (TPSA) is 92.8 Å². The fourth-order valence-corrected chi connectivity index (χ4v) is 3.58. The minimum atomic E-state index is -0.833. The van der Waals surface area contributed by atoms with Gasteiger partial charge in [-0.2, -0.15) is 0 Å². The van der Waals surface area contributed by atoms with Crippen molar-refractivity contribution in [2.45, 2.75) is 32.6 Å². The first-order chi connectivity index (χ1) is 12.9. The molecule has 1 aliphatic carbocycles. The molecule has 3 amide bonds. The summed E-state index contributed by atoms with van der Waals surface area (Å²) in [6, 6.07) is 4.21. The second-order valence-electron chi connectivity index (χ2n) is 6.93. The van der Waals surface area contributed by atoms with E-state index in [1.807, 2.05) is 0 Å². The Kier molecular flexibility index (Phi) is 5.53. The molecule has 3 rings (SSSR count). The van der Waals surface area contributed by atoms with Crippen LogP contribution < -0.4 is 5.32 Å². The first-order valence-corrected chi connectivity index (χ1v) is 8.93. The Morgan fingerprint density at radius 1 is 1.19 bits per heavy atom. The number of nitrogens with one attached hydrogen (secondary N) is 1. The van der Waals surface area contributed by atoms with Gasteiger partial charge in [-0.05, 0) is 37.5 Å². The van der Waals surface area contributed by atoms with Crippen molar-refractivity contribution < 1.29 is 28.3 Å². The average Bonchev–Trinajstić information content (AvgIpc) is 2.88. The summed E-state index contributed by atoms with van der Waals surface area (Å²) in [4.78, 5) is 49.3. The van der Waals surface area contributed by atoms with Crippen molar-refractivity contribution in [3.05, 3.63) is 29.6 Å². The van der Waals surface area contributed by atoms with Gasteiger partial charge in [-0.1, -0.05) is 18.9 Å². The van der Waals surface area contributed by atoms with Gasteiger partial charge in [0.2, 0.25) is 11.8 Å². The molecule has 1 saturated heterocycles. The Hall–Kier alpha value is -2.77. The fourth-order valence-electron chi connectivity index (χ4n) is 3.58. The Balaban J connectivity index is 1.49. The molecule has 144 valence electrons. The number of carbonyl (C=O) groups is 4. The predicted molar refractivity (Wildman–Crippen MR) is 92.9 cm³/mol. The van der Waals surface area contributed by atoms with Crippen LogP contribution in [-0.2, 0) is 23.9 Å². The van der Waals surface area contributed by atoms with E-state index in [1.165, 1.54) is 18.2 Å². The number of benzene rings is 1. The molecular formula is C19H21FN2O5. The lowest BCUT2D eigenvalue weighted by Crippen LogP contribution is -2.37. The van der Waals surface area contributed by atoms with Crippen LogP contribution in [0.25, 0.3) is 0 Å². The number of ether oxygens (including phenoxy) is 1. The summed E-state index contributed by atoms with van der Waals surface area (Å²) >= 11 is 0. The molecule has 0 aromatic heterocycles. The molecule has 1 aromatic carbocycles. The maximum absolute atomic E-state index is 13.5. The minimum absolute atomic E-state index is 0.244. The maximum atomic E-state index is 13.5. The Morgan fingerprint density at radius 2 is 1.81 bits per heavy atom. The second-order valence-corrected chi connectivity index (χ2v) is 6.93. The average molecular weight is 376 g/mol. The molecular weight excluding hydrogens is 355 g/mol. The molecule has 0 bridgehead atoms. The lowest BCUT2D eigenvalue weighted by molar-refractivity contribution is -0.154. The monoisotopic (exact) mass is 376 g/mol. The van der Waals surface area contributed by atoms with Crippen LogP contribution in [0.15, 0.2) is 18.2 Å². The van der Waals surface area contributed by atoms with Gasteiger partial charge >= 0.3 is 5.97 Å². The molecule has 1 aliphatic heterocycles. The van der Waals surface area contributed by atoms with Crippen LogP contribution in [0.2, 0.25) is 0 Å². The van der Waals surface area contributed by atoms with E-state index in [1.54, 1.807) is 6.92 Å². The molecule has 0 radical (unpaired) electrons. The van der Waals surface area contributed by atoms with Crippen LogP contribution in [0.3, 0.4) is 0 Å². The van der Waals surface area contributed by atoms with Gasteiger partial charge in [0.1, 0.15) is 12.4 Å². The van der Waals surface area contributed by atoms with E-state index < -0.39 is 30.8 Å². The van der Waals surface area contributed by atoms with Crippen molar-refractivity contribution in [3.8, 4) is 0 Å². The van der Waals surface area contributed by atoms with Gasteiger partial charge in [0, 0.05) is 5.69 Å².